The zero-order chi connectivity index (χ0) is 15.1. The summed E-state index contributed by atoms with van der Waals surface area (Å²) < 4.78 is 14.2. The van der Waals surface area contributed by atoms with Gasteiger partial charge in [-0.25, -0.2) is 9.59 Å². The number of ether oxygens (including phenoxy) is 3. The highest BCUT2D eigenvalue weighted by Gasteiger charge is 2.13. The summed E-state index contributed by atoms with van der Waals surface area (Å²) in [6, 6.07) is 5.28. The number of nitrogens with one attached hydrogen (secondary N) is 1. The zero-order valence-electron chi connectivity index (χ0n) is 11.9. The van der Waals surface area contributed by atoms with Crippen LogP contribution in [0.3, 0.4) is 0 Å². The highest BCUT2D eigenvalue weighted by molar-refractivity contribution is 5.98. The molecule has 0 aromatic heterocycles. The van der Waals surface area contributed by atoms with Crippen LogP contribution < -0.4 is 10.1 Å². The van der Waals surface area contributed by atoms with Gasteiger partial charge in [-0.1, -0.05) is 0 Å². The van der Waals surface area contributed by atoms with Crippen molar-refractivity contribution in [3.05, 3.63) is 35.5 Å². The second kappa shape index (κ2) is 7.18. The van der Waals surface area contributed by atoms with E-state index in [2.05, 4.69) is 14.8 Å². The third-order valence-corrected chi connectivity index (χ3v) is 2.57. The van der Waals surface area contributed by atoms with Gasteiger partial charge in [0.1, 0.15) is 11.4 Å². The standard InChI is InChI=1S/C14H17NO5/c1-9-7-10(18-2)5-6-11(9)15-12(14(17)20-4)8-13(16)19-3/h5-8,15H,1-4H3/b12-8+. The van der Waals surface area contributed by atoms with Gasteiger partial charge in [-0.3, -0.25) is 0 Å². The Bertz CT molecular complexity index is 536. The second-order valence-corrected chi connectivity index (χ2v) is 3.88. The maximum atomic E-state index is 11.6. The van der Waals surface area contributed by atoms with Crippen LogP contribution in [0.1, 0.15) is 5.56 Å². The molecule has 0 radical (unpaired) electrons. The fourth-order valence-corrected chi connectivity index (χ4v) is 1.48. The number of aryl methyl sites for hydroxylation is 1. The molecule has 0 heterocycles. The molecule has 0 fully saturated rings. The molecule has 0 amide bonds. The maximum Gasteiger partial charge on any atom is 0.354 e. The minimum Gasteiger partial charge on any atom is -0.497 e. The van der Waals surface area contributed by atoms with Crippen molar-refractivity contribution in [2.75, 3.05) is 26.6 Å². The molecule has 0 aliphatic rings. The van der Waals surface area contributed by atoms with Crippen molar-refractivity contribution in [2.45, 2.75) is 6.92 Å². The molecule has 1 aromatic rings. The average molecular weight is 279 g/mol. The highest BCUT2D eigenvalue weighted by Crippen LogP contribution is 2.22. The van der Waals surface area contributed by atoms with Gasteiger partial charge < -0.3 is 19.5 Å². The summed E-state index contributed by atoms with van der Waals surface area (Å²) in [4.78, 5) is 22.9. The van der Waals surface area contributed by atoms with Crippen molar-refractivity contribution in [2.24, 2.45) is 0 Å². The predicted molar refractivity (Wildman–Crippen MR) is 73.5 cm³/mol. The van der Waals surface area contributed by atoms with E-state index in [-0.39, 0.29) is 5.70 Å². The summed E-state index contributed by atoms with van der Waals surface area (Å²) in [5.74, 6) is -0.612. The number of carbonyl (C=O) groups is 2. The summed E-state index contributed by atoms with van der Waals surface area (Å²) in [6.07, 6.45) is 1.04. The molecule has 1 rings (SSSR count). The summed E-state index contributed by atoms with van der Waals surface area (Å²) in [5, 5.41) is 2.84. The number of hydrogen-bond acceptors (Lipinski definition) is 6. The van der Waals surface area contributed by atoms with Crippen LogP contribution >= 0.6 is 0 Å². The topological polar surface area (TPSA) is 73.9 Å². The Morgan fingerprint density at radius 3 is 2.35 bits per heavy atom. The quantitative estimate of drug-likeness (QED) is 0.652. The molecule has 0 aliphatic carbocycles. The summed E-state index contributed by atoms with van der Waals surface area (Å²) in [6.45, 7) is 1.85. The third-order valence-electron chi connectivity index (χ3n) is 2.57. The SMILES string of the molecule is COC(=O)/C=C(/Nc1ccc(OC)cc1C)C(=O)OC. The zero-order valence-corrected chi connectivity index (χ0v) is 11.9. The minimum absolute atomic E-state index is 0.00684. The van der Waals surface area contributed by atoms with Crippen molar-refractivity contribution < 1.29 is 23.8 Å². The number of benzene rings is 1. The van der Waals surface area contributed by atoms with Crippen LogP contribution in [0.4, 0.5) is 5.69 Å². The summed E-state index contributed by atoms with van der Waals surface area (Å²) >= 11 is 0. The van der Waals surface area contributed by atoms with Gasteiger partial charge >= 0.3 is 11.9 Å². The van der Waals surface area contributed by atoms with E-state index in [1.807, 2.05) is 6.92 Å². The van der Waals surface area contributed by atoms with Crippen molar-refractivity contribution >= 4 is 17.6 Å². The molecule has 0 spiro atoms. The Kier molecular flexibility index (Phi) is 5.58. The van der Waals surface area contributed by atoms with E-state index in [1.54, 1.807) is 25.3 Å². The number of carbonyl (C=O) groups excluding carboxylic acids is 2. The lowest BCUT2D eigenvalue weighted by Crippen LogP contribution is -2.16. The predicted octanol–water partition coefficient (Wildman–Crippen LogP) is 1.65. The van der Waals surface area contributed by atoms with E-state index < -0.39 is 11.9 Å². The Balaban J connectivity index is 3.04. The van der Waals surface area contributed by atoms with E-state index in [1.165, 1.54) is 14.2 Å². The van der Waals surface area contributed by atoms with Crippen molar-refractivity contribution in [3.63, 3.8) is 0 Å². The van der Waals surface area contributed by atoms with E-state index in [9.17, 15) is 9.59 Å². The normalized spacial score (nSPS) is 10.7. The third kappa shape index (κ3) is 4.01. The number of anilines is 1. The van der Waals surface area contributed by atoms with E-state index in [0.29, 0.717) is 11.4 Å². The van der Waals surface area contributed by atoms with Gasteiger partial charge in [0.15, 0.2) is 0 Å². The molecule has 0 bridgehead atoms. The lowest BCUT2D eigenvalue weighted by molar-refractivity contribution is -0.138. The van der Waals surface area contributed by atoms with E-state index in [0.717, 1.165) is 11.6 Å². The average Bonchev–Trinajstić information content (AvgIpc) is 2.47. The first kappa shape index (κ1) is 15.6. The lowest BCUT2D eigenvalue weighted by atomic mass is 10.2. The smallest absolute Gasteiger partial charge is 0.354 e. The number of hydrogen-bond donors (Lipinski definition) is 1. The molecule has 0 unspecified atom stereocenters. The molecule has 0 saturated heterocycles. The van der Waals surface area contributed by atoms with Crippen molar-refractivity contribution in [1.29, 1.82) is 0 Å². The van der Waals surface area contributed by atoms with Gasteiger partial charge in [-0.05, 0) is 30.7 Å². The lowest BCUT2D eigenvalue weighted by Gasteiger charge is -2.12. The van der Waals surface area contributed by atoms with Crippen LogP contribution in [-0.4, -0.2) is 33.3 Å². The molecular formula is C14H17NO5. The highest BCUT2D eigenvalue weighted by atomic mass is 16.5. The molecule has 1 N–H and O–H groups in total. The molecular weight excluding hydrogens is 262 g/mol. The van der Waals surface area contributed by atoms with Gasteiger partial charge in [0.2, 0.25) is 0 Å². The molecule has 6 nitrogen and oxygen atoms in total. The number of methoxy groups -OCH3 is 3. The fraction of sp³-hybridized carbons (Fsp3) is 0.286. The van der Waals surface area contributed by atoms with Crippen molar-refractivity contribution in [3.8, 4) is 5.75 Å². The van der Waals surface area contributed by atoms with Crippen molar-refractivity contribution in [1.82, 2.24) is 0 Å². The molecule has 6 heteroatoms. The van der Waals surface area contributed by atoms with Crippen LogP contribution in [0.25, 0.3) is 0 Å². The van der Waals surface area contributed by atoms with E-state index >= 15 is 0 Å². The maximum absolute atomic E-state index is 11.6. The Hall–Kier alpha value is -2.50. The Labute approximate surface area is 117 Å². The molecule has 0 atom stereocenters. The molecule has 1 aromatic carbocycles. The van der Waals surface area contributed by atoms with Gasteiger partial charge in [-0.15, -0.1) is 0 Å². The Morgan fingerprint density at radius 2 is 1.85 bits per heavy atom. The first-order chi connectivity index (χ1) is 9.51. The fourth-order valence-electron chi connectivity index (χ4n) is 1.48. The van der Waals surface area contributed by atoms with Gasteiger partial charge in [0, 0.05) is 5.69 Å². The summed E-state index contributed by atoms with van der Waals surface area (Å²) in [5.41, 5.74) is 1.50. The van der Waals surface area contributed by atoms with Crippen LogP contribution in [0.2, 0.25) is 0 Å². The molecule has 0 saturated carbocycles. The number of rotatable bonds is 5. The van der Waals surface area contributed by atoms with Gasteiger partial charge in [0.25, 0.3) is 0 Å². The van der Waals surface area contributed by atoms with Crippen LogP contribution in [-0.2, 0) is 19.1 Å². The first-order valence-electron chi connectivity index (χ1n) is 5.81. The van der Waals surface area contributed by atoms with Gasteiger partial charge in [-0.2, -0.15) is 0 Å². The first-order valence-corrected chi connectivity index (χ1v) is 5.81. The minimum atomic E-state index is -0.661. The van der Waals surface area contributed by atoms with Crippen LogP contribution in [0, 0.1) is 6.92 Å². The largest absolute Gasteiger partial charge is 0.497 e. The molecule has 108 valence electrons. The second-order valence-electron chi connectivity index (χ2n) is 3.88. The Morgan fingerprint density at radius 1 is 1.15 bits per heavy atom. The molecule has 20 heavy (non-hydrogen) atoms. The van der Waals surface area contributed by atoms with Crippen LogP contribution in [0.15, 0.2) is 30.0 Å². The number of esters is 2. The summed E-state index contributed by atoms with van der Waals surface area (Å²) in [7, 11) is 4.03. The monoisotopic (exact) mass is 279 g/mol. The van der Waals surface area contributed by atoms with Crippen LogP contribution in [0.5, 0.6) is 5.75 Å². The van der Waals surface area contributed by atoms with E-state index in [4.69, 9.17) is 4.74 Å². The van der Waals surface area contributed by atoms with Gasteiger partial charge in [0.05, 0.1) is 27.4 Å². The molecule has 0 aliphatic heterocycles.